The Bertz CT molecular complexity index is 1050. The number of rotatable bonds is 4. The monoisotopic (exact) mass is 397 g/mol. The molecule has 0 unspecified atom stereocenters. The summed E-state index contributed by atoms with van der Waals surface area (Å²) in [5, 5.41) is 5.42. The van der Waals surface area contributed by atoms with Crippen molar-refractivity contribution in [2.24, 2.45) is 0 Å². The molecule has 1 N–H and O–H groups in total. The highest BCUT2D eigenvalue weighted by Gasteiger charge is 2.20. The van der Waals surface area contributed by atoms with Crippen LogP contribution in [0, 0.1) is 0 Å². The van der Waals surface area contributed by atoms with Crippen molar-refractivity contribution in [1.82, 2.24) is 0 Å². The van der Waals surface area contributed by atoms with Crippen LogP contribution in [0.15, 0.2) is 48.5 Å². The van der Waals surface area contributed by atoms with Gasteiger partial charge in [0.15, 0.2) is 11.5 Å². The van der Waals surface area contributed by atoms with E-state index in [2.05, 4.69) is 5.32 Å². The van der Waals surface area contributed by atoms with Gasteiger partial charge < -0.3 is 19.5 Å². The summed E-state index contributed by atoms with van der Waals surface area (Å²) in [6.07, 6.45) is 0. The fraction of sp³-hybridized carbons (Fsp3) is 0.227. The van der Waals surface area contributed by atoms with Crippen molar-refractivity contribution in [2.45, 2.75) is 12.8 Å². The van der Waals surface area contributed by atoms with E-state index in [9.17, 15) is 4.79 Å². The second-order valence-corrected chi connectivity index (χ2v) is 7.07. The standard InChI is InChI=1S/C22H20ClNO4/c1-13(14-3-4-16-10-17(26-2)6-5-15(16)9-14)22(25)24-19-12-21-20(11-18(19)23)27-7-8-28-21/h3-6,9-13H,7-8H2,1-2H3,(H,24,25)/t13-/m0/s1. The zero-order valence-corrected chi connectivity index (χ0v) is 16.4. The van der Waals surface area contributed by atoms with Crippen molar-refractivity contribution in [3.05, 3.63) is 59.1 Å². The molecule has 1 amide bonds. The van der Waals surface area contributed by atoms with Gasteiger partial charge in [0, 0.05) is 12.1 Å². The SMILES string of the molecule is COc1ccc2cc([C@H](C)C(=O)Nc3cc4c(cc3Cl)OCCO4)ccc2c1. The molecule has 3 aromatic rings. The first-order chi connectivity index (χ1) is 13.5. The van der Waals surface area contributed by atoms with Gasteiger partial charge in [0.1, 0.15) is 19.0 Å². The lowest BCUT2D eigenvalue weighted by Gasteiger charge is -2.20. The van der Waals surface area contributed by atoms with E-state index in [1.54, 1.807) is 19.2 Å². The summed E-state index contributed by atoms with van der Waals surface area (Å²) in [5.41, 5.74) is 1.43. The molecule has 0 aromatic heterocycles. The molecule has 0 saturated carbocycles. The Labute approximate surface area is 168 Å². The van der Waals surface area contributed by atoms with Crippen LogP contribution in [0.1, 0.15) is 18.4 Å². The van der Waals surface area contributed by atoms with Gasteiger partial charge in [-0.15, -0.1) is 0 Å². The highest BCUT2D eigenvalue weighted by Crippen LogP contribution is 2.38. The van der Waals surface area contributed by atoms with Gasteiger partial charge in [0.25, 0.3) is 0 Å². The fourth-order valence-electron chi connectivity index (χ4n) is 3.19. The van der Waals surface area contributed by atoms with Crippen LogP contribution in [0.2, 0.25) is 5.02 Å². The molecule has 0 spiro atoms. The van der Waals surface area contributed by atoms with E-state index in [4.69, 9.17) is 25.8 Å². The molecule has 1 aliphatic heterocycles. The molecule has 0 radical (unpaired) electrons. The highest BCUT2D eigenvalue weighted by molar-refractivity contribution is 6.34. The van der Waals surface area contributed by atoms with Crippen LogP contribution in [0.4, 0.5) is 5.69 Å². The van der Waals surface area contributed by atoms with Crippen LogP contribution in [0.3, 0.4) is 0 Å². The average Bonchev–Trinajstić information content (AvgIpc) is 2.72. The summed E-state index contributed by atoms with van der Waals surface area (Å²) in [4.78, 5) is 12.8. The van der Waals surface area contributed by atoms with Gasteiger partial charge in [-0.2, -0.15) is 0 Å². The first-order valence-electron chi connectivity index (χ1n) is 9.03. The smallest absolute Gasteiger partial charge is 0.231 e. The Morgan fingerprint density at radius 2 is 1.71 bits per heavy atom. The van der Waals surface area contributed by atoms with E-state index in [0.717, 1.165) is 22.1 Å². The van der Waals surface area contributed by atoms with Gasteiger partial charge in [-0.1, -0.05) is 35.9 Å². The fourth-order valence-corrected chi connectivity index (χ4v) is 3.39. The van der Waals surface area contributed by atoms with Gasteiger partial charge in [0.05, 0.1) is 23.7 Å². The predicted molar refractivity (Wildman–Crippen MR) is 110 cm³/mol. The third-order valence-electron chi connectivity index (χ3n) is 4.85. The molecule has 0 fully saturated rings. The number of carbonyl (C=O) groups excluding carboxylic acids is 1. The van der Waals surface area contributed by atoms with Crippen molar-refractivity contribution in [2.75, 3.05) is 25.6 Å². The maximum absolute atomic E-state index is 12.8. The number of benzene rings is 3. The van der Waals surface area contributed by atoms with Crippen LogP contribution >= 0.6 is 11.6 Å². The Balaban J connectivity index is 1.56. The summed E-state index contributed by atoms with van der Waals surface area (Å²) < 4.78 is 16.3. The molecule has 0 bridgehead atoms. The summed E-state index contributed by atoms with van der Waals surface area (Å²) in [5.74, 6) is 1.48. The number of fused-ring (bicyclic) bond motifs is 2. The summed E-state index contributed by atoms with van der Waals surface area (Å²) >= 11 is 6.30. The molecule has 0 saturated heterocycles. The predicted octanol–water partition coefficient (Wildman–Crippen LogP) is 5.02. The summed E-state index contributed by atoms with van der Waals surface area (Å²) in [6, 6.07) is 15.2. The van der Waals surface area contributed by atoms with Crippen LogP contribution in [-0.4, -0.2) is 26.2 Å². The van der Waals surface area contributed by atoms with E-state index in [-0.39, 0.29) is 11.8 Å². The van der Waals surface area contributed by atoms with E-state index in [1.807, 2.05) is 43.3 Å². The summed E-state index contributed by atoms with van der Waals surface area (Å²) in [7, 11) is 1.64. The quantitative estimate of drug-likeness (QED) is 0.672. The lowest BCUT2D eigenvalue weighted by atomic mass is 9.97. The maximum atomic E-state index is 12.8. The van der Waals surface area contributed by atoms with Gasteiger partial charge in [-0.05, 0) is 35.4 Å². The van der Waals surface area contributed by atoms with Crippen LogP contribution in [0.25, 0.3) is 10.8 Å². The van der Waals surface area contributed by atoms with Gasteiger partial charge in [-0.3, -0.25) is 4.79 Å². The average molecular weight is 398 g/mol. The molecule has 4 rings (SSSR count). The molecule has 5 nitrogen and oxygen atoms in total. The van der Waals surface area contributed by atoms with Crippen molar-refractivity contribution >= 4 is 34.0 Å². The number of amides is 1. The minimum atomic E-state index is -0.351. The van der Waals surface area contributed by atoms with Crippen LogP contribution in [-0.2, 0) is 4.79 Å². The number of anilines is 1. The molecule has 6 heteroatoms. The lowest BCUT2D eigenvalue weighted by molar-refractivity contribution is -0.117. The van der Waals surface area contributed by atoms with Gasteiger partial charge in [-0.25, -0.2) is 0 Å². The summed E-state index contributed by atoms with van der Waals surface area (Å²) in [6.45, 7) is 2.83. The van der Waals surface area contributed by atoms with Crippen molar-refractivity contribution in [3.63, 3.8) is 0 Å². The largest absolute Gasteiger partial charge is 0.497 e. The van der Waals surface area contributed by atoms with E-state index >= 15 is 0 Å². The van der Waals surface area contributed by atoms with Crippen LogP contribution in [0.5, 0.6) is 17.2 Å². The van der Waals surface area contributed by atoms with Crippen molar-refractivity contribution in [3.8, 4) is 17.2 Å². The molecular formula is C22H20ClNO4. The lowest BCUT2D eigenvalue weighted by Crippen LogP contribution is -2.20. The Morgan fingerprint density at radius 3 is 2.46 bits per heavy atom. The molecule has 144 valence electrons. The molecule has 28 heavy (non-hydrogen) atoms. The Morgan fingerprint density at radius 1 is 1.04 bits per heavy atom. The minimum Gasteiger partial charge on any atom is -0.497 e. The normalized spacial score (nSPS) is 13.8. The van der Waals surface area contributed by atoms with E-state index in [0.29, 0.717) is 35.4 Å². The molecule has 1 aliphatic rings. The maximum Gasteiger partial charge on any atom is 0.231 e. The van der Waals surface area contributed by atoms with E-state index in [1.165, 1.54) is 0 Å². The molecule has 1 heterocycles. The first kappa shape index (κ1) is 18.4. The molecule has 1 atom stereocenters. The first-order valence-corrected chi connectivity index (χ1v) is 9.40. The van der Waals surface area contributed by atoms with Gasteiger partial charge in [0.2, 0.25) is 5.91 Å². The number of ether oxygens (including phenoxy) is 3. The number of hydrogen-bond acceptors (Lipinski definition) is 4. The third-order valence-corrected chi connectivity index (χ3v) is 5.17. The molecular weight excluding hydrogens is 378 g/mol. The highest BCUT2D eigenvalue weighted by atomic mass is 35.5. The van der Waals surface area contributed by atoms with Crippen molar-refractivity contribution < 1.29 is 19.0 Å². The second-order valence-electron chi connectivity index (χ2n) is 6.66. The van der Waals surface area contributed by atoms with Crippen molar-refractivity contribution in [1.29, 1.82) is 0 Å². The zero-order valence-electron chi connectivity index (χ0n) is 15.6. The third kappa shape index (κ3) is 3.58. The molecule has 3 aromatic carbocycles. The number of carbonyl (C=O) groups is 1. The second kappa shape index (κ2) is 7.60. The van der Waals surface area contributed by atoms with Crippen LogP contribution < -0.4 is 19.5 Å². The number of nitrogens with one attached hydrogen (secondary N) is 1. The number of methoxy groups -OCH3 is 1. The van der Waals surface area contributed by atoms with Gasteiger partial charge >= 0.3 is 0 Å². The van der Waals surface area contributed by atoms with E-state index < -0.39 is 0 Å². The number of halogens is 1. The number of hydrogen-bond donors (Lipinski definition) is 1. The Kier molecular flexibility index (Phi) is 5.01. The Hall–Kier alpha value is -2.92. The minimum absolute atomic E-state index is 0.147. The topological polar surface area (TPSA) is 56.8 Å². The molecule has 0 aliphatic carbocycles. The zero-order chi connectivity index (χ0) is 19.7.